The highest BCUT2D eigenvalue weighted by molar-refractivity contribution is 5.95. The summed E-state index contributed by atoms with van der Waals surface area (Å²) in [7, 11) is 0. The summed E-state index contributed by atoms with van der Waals surface area (Å²) in [4.78, 5) is 34.3. The number of anilines is 2. The van der Waals surface area contributed by atoms with Crippen molar-refractivity contribution in [3.8, 4) is 5.82 Å². The Labute approximate surface area is 124 Å². The number of nitrogens with zero attached hydrogens (tertiary/aromatic N) is 3. The average molecular weight is 296 g/mol. The molecule has 1 aromatic carbocycles. The van der Waals surface area contributed by atoms with Gasteiger partial charge in [-0.25, -0.2) is 4.98 Å². The molecule has 0 bridgehead atoms. The number of aromatic amines is 1. The van der Waals surface area contributed by atoms with E-state index in [2.05, 4.69) is 20.3 Å². The van der Waals surface area contributed by atoms with Gasteiger partial charge in [-0.15, -0.1) is 0 Å². The van der Waals surface area contributed by atoms with Crippen molar-refractivity contribution in [2.75, 3.05) is 5.32 Å². The zero-order valence-corrected chi connectivity index (χ0v) is 11.4. The molecule has 22 heavy (non-hydrogen) atoms. The molecule has 110 valence electrons. The quantitative estimate of drug-likeness (QED) is 0.658. The fraction of sp³-hybridized carbons (Fsp3) is 0. The summed E-state index contributed by atoms with van der Waals surface area (Å²) in [6, 6.07) is 9.19. The van der Waals surface area contributed by atoms with Gasteiger partial charge in [-0.2, -0.15) is 4.98 Å². The van der Waals surface area contributed by atoms with Crippen LogP contribution in [0.1, 0.15) is 10.4 Å². The first-order chi connectivity index (χ1) is 10.6. The molecule has 0 aliphatic rings. The topological polar surface area (TPSA) is 119 Å². The average Bonchev–Trinajstić information content (AvgIpc) is 3.01. The lowest BCUT2D eigenvalue weighted by molar-refractivity contribution is 0.0998. The van der Waals surface area contributed by atoms with E-state index in [1.807, 2.05) is 30.3 Å². The number of carbonyl (C=O) groups excluding carboxylic acids is 1. The molecular weight excluding hydrogens is 284 g/mol. The third-order valence-electron chi connectivity index (χ3n) is 2.93. The van der Waals surface area contributed by atoms with Crippen LogP contribution in [0.4, 0.5) is 11.6 Å². The van der Waals surface area contributed by atoms with Gasteiger partial charge in [0.15, 0.2) is 5.82 Å². The van der Waals surface area contributed by atoms with Gasteiger partial charge in [0.1, 0.15) is 11.9 Å². The third kappa shape index (κ3) is 2.57. The summed E-state index contributed by atoms with van der Waals surface area (Å²) in [5.74, 6) is -0.541. The molecule has 0 aliphatic heterocycles. The summed E-state index contributed by atoms with van der Waals surface area (Å²) in [6.45, 7) is 0. The number of amides is 1. The fourth-order valence-electron chi connectivity index (χ4n) is 1.97. The molecule has 4 N–H and O–H groups in total. The Balaban J connectivity index is 2.11. The number of H-pyrrole nitrogens is 1. The number of hydrogen-bond acceptors (Lipinski definition) is 5. The SMILES string of the molecule is NC(=O)c1c(-n2ccnc2)nc(Nc2ccccc2)[nH]c1=O. The second-order valence-electron chi connectivity index (χ2n) is 4.44. The molecule has 2 aromatic heterocycles. The fourth-order valence-corrected chi connectivity index (χ4v) is 1.97. The van der Waals surface area contributed by atoms with Crippen LogP contribution in [-0.4, -0.2) is 25.4 Å². The molecule has 0 aliphatic carbocycles. The number of para-hydroxylation sites is 1. The first-order valence-electron chi connectivity index (χ1n) is 6.39. The summed E-state index contributed by atoms with van der Waals surface area (Å²) < 4.78 is 1.45. The predicted molar refractivity (Wildman–Crippen MR) is 80.2 cm³/mol. The minimum Gasteiger partial charge on any atom is -0.365 e. The normalized spacial score (nSPS) is 10.4. The first-order valence-corrected chi connectivity index (χ1v) is 6.39. The molecule has 0 saturated heterocycles. The van der Waals surface area contributed by atoms with Crippen molar-refractivity contribution in [3.05, 3.63) is 65.0 Å². The lowest BCUT2D eigenvalue weighted by atomic mass is 10.3. The summed E-state index contributed by atoms with van der Waals surface area (Å²) in [5.41, 5.74) is 5.17. The number of nitrogens with one attached hydrogen (secondary N) is 2. The molecule has 8 heteroatoms. The predicted octanol–water partition coefficient (Wildman–Crippen LogP) is 0.798. The van der Waals surface area contributed by atoms with E-state index in [1.165, 1.54) is 17.1 Å². The van der Waals surface area contributed by atoms with Crippen molar-refractivity contribution < 1.29 is 4.79 Å². The van der Waals surface area contributed by atoms with E-state index in [0.29, 0.717) is 0 Å². The highest BCUT2D eigenvalue weighted by Crippen LogP contribution is 2.14. The molecular formula is C14H12N6O2. The van der Waals surface area contributed by atoms with E-state index in [9.17, 15) is 9.59 Å². The van der Waals surface area contributed by atoms with Gasteiger partial charge in [-0.1, -0.05) is 18.2 Å². The van der Waals surface area contributed by atoms with Crippen LogP contribution in [-0.2, 0) is 0 Å². The van der Waals surface area contributed by atoms with Crippen molar-refractivity contribution in [2.24, 2.45) is 5.73 Å². The van der Waals surface area contributed by atoms with Gasteiger partial charge in [-0.05, 0) is 12.1 Å². The van der Waals surface area contributed by atoms with E-state index < -0.39 is 11.5 Å². The Hall–Kier alpha value is -3.42. The number of aromatic nitrogens is 4. The van der Waals surface area contributed by atoms with Gasteiger partial charge in [0.2, 0.25) is 5.95 Å². The number of carbonyl (C=O) groups is 1. The lowest BCUT2D eigenvalue weighted by Crippen LogP contribution is -2.28. The Bertz CT molecular complexity index is 855. The maximum atomic E-state index is 12.1. The number of hydrogen-bond donors (Lipinski definition) is 3. The second kappa shape index (κ2) is 5.52. The van der Waals surface area contributed by atoms with E-state index in [0.717, 1.165) is 5.69 Å². The zero-order valence-electron chi connectivity index (χ0n) is 11.4. The Morgan fingerprint density at radius 2 is 2.05 bits per heavy atom. The summed E-state index contributed by atoms with van der Waals surface area (Å²) in [5, 5.41) is 2.96. The lowest BCUT2D eigenvalue weighted by Gasteiger charge is -2.10. The second-order valence-corrected chi connectivity index (χ2v) is 4.44. The molecule has 0 atom stereocenters. The molecule has 0 saturated carbocycles. The molecule has 1 amide bonds. The van der Waals surface area contributed by atoms with Gasteiger partial charge < -0.3 is 11.1 Å². The molecule has 0 spiro atoms. The first kappa shape index (κ1) is 13.6. The third-order valence-corrected chi connectivity index (χ3v) is 2.93. The number of primary amides is 1. The summed E-state index contributed by atoms with van der Waals surface area (Å²) in [6.07, 6.45) is 4.51. The summed E-state index contributed by atoms with van der Waals surface area (Å²) >= 11 is 0. The van der Waals surface area contributed by atoms with Crippen LogP contribution < -0.4 is 16.6 Å². The van der Waals surface area contributed by atoms with Gasteiger partial charge in [0.05, 0.1) is 0 Å². The van der Waals surface area contributed by atoms with Crippen LogP contribution >= 0.6 is 0 Å². The maximum absolute atomic E-state index is 12.1. The van der Waals surface area contributed by atoms with Crippen molar-refractivity contribution >= 4 is 17.5 Å². The molecule has 3 aromatic rings. The minimum atomic E-state index is -0.858. The monoisotopic (exact) mass is 296 g/mol. The van der Waals surface area contributed by atoms with Crippen molar-refractivity contribution in [3.63, 3.8) is 0 Å². The highest BCUT2D eigenvalue weighted by atomic mass is 16.2. The number of rotatable bonds is 4. The highest BCUT2D eigenvalue weighted by Gasteiger charge is 2.18. The van der Waals surface area contributed by atoms with Crippen molar-refractivity contribution in [2.45, 2.75) is 0 Å². The smallest absolute Gasteiger partial charge is 0.267 e. The maximum Gasteiger partial charge on any atom is 0.267 e. The van der Waals surface area contributed by atoms with Crippen LogP contribution in [0.15, 0.2) is 53.8 Å². The van der Waals surface area contributed by atoms with E-state index in [-0.39, 0.29) is 17.3 Å². The van der Waals surface area contributed by atoms with Crippen LogP contribution in [0, 0.1) is 0 Å². The number of imidazole rings is 1. The molecule has 2 heterocycles. The number of benzene rings is 1. The van der Waals surface area contributed by atoms with Crippen molar-refractivity contribution in [1.82, 2.24) is 19.5 Å². The van der Waals surface area contributed by atoms with Gasteiger partial charge in [0, 0.05) is 18.1 Å². The van der Waals surface area contributed by atoms with Gasteiger partial charge in [-0.3, -0.25) is 19.1 Å². The van der Waals surface area contributed by atoms with Gasteiger partial charge >= 0.3 is 0 Å². The molecule has 3 rings (SSSR count). The van der Waals surface area contributed by atoms with Crippen molar-refractivity contribution in [1.29, 1.82) is 0 Å². The Morgan fingerprint density at radius 1 is 1.27 bits per heavy atom. The Morgan fingerprint density at radius 3 is 2.68 bits per heavy atom. The van der Waals surface area contributed by atoms with Crippen LogP contribution in [0.25, 0.3) is 5.82 Å². The Kier molecular flexibility index (Phi) is 3.40. The molecule has 0 fully saturated rings. The van der Waals surface area contributed by atoms with Crippen LogP contribution in [0.2, 0.25) is 0 Å². The largest absolute Gasteiger partial charge is 0.365 e. The van der Waals surface area contributed by atoms with Gasteiger partial charge in [0.25, 0.3) is 11.5 Å². The van der Waals surface area contributed by atoms with Crippen LogP contribution in [0.3, 0.4) is 0 Å². The molecule has 8 nitrogen and oxygen atoms in total. The molecule has 0 radical (unpaired) electrons. The van der Waals surface area contributed by atoms with Crippen LogP contribution in [0.5, 0.6) is 0 Å². The van der Waals surface area contributed by atoms with E-state index in [1.54, 1.807) is 6.20 Å². The number of nitrogens with two attached hydrogens (primary N) is 1. The van der Waals surface area contributed by atoms with E-state index >= 15 is 0 Å². The minimum absolute atomic E-state index is 0.118. The molecule has 0 unspecified atom stereocenters. The standard InChI is InChI=1S/C14H12N6O2/c15-11(21)10-12(20-7-6-16-8-20)18-14(19-13(10)22)17-9-4-2-1-3-5-9/h1-8H,(H2,15,21)(H2,17,18,19,22). The zero-order chi connectivity index (χ0) is 15.5. The van der Waals surface area contributed by atoms with E-state index in [4.69, 9.17) is 5.73 Å².